The second-order valence-electron chi connectivity index (χ2n) is 8.27. The maximum Gasteiger partial charge on any atom is 0.253 e. The molecule has 0 saturated carbocycles. The van der Waals surface area contributed by atoms with Gasteiger partial charge < -0.3 is 10.2 Å². The van der Waals surface area contributed by atoms with Crippen molar-refractivity contribution in [2.24, 2.45) is 5.92 Å². The Kier molecular flexibility index (Phi) is 5.64. The van der Waals surface area contributed by atoms with Gasteiger partial charge in [0.1, 0.15) is 0 Å². The number of rotatable bonds is 3. The third kappa shape index (κ3) is 4.76. The molecule has 2 amide bonds. The van der Waals surface area contributed by atoms with Crippen LogP contribution >= 0.6 is 0 Å². The van der Waals surface area contributed by atoms with E-state index in [0.29, 0.717) is 18.7 Å². The number of likely N-dealkylation sites (tertiary alicyclic amines) is 1. The van der Waals surface area contributed by atoms with Gasteiger partial charge in [-0.3, -0.25) is 9.59 Å². The van der Waals surface area contributed by atoms with Crippen LogP contribution in [0.25, 0.3) is 0 Å². The topological polar surface area (TPSA) is 49.4 Å². The second-order valence-corrected chi connectivity index (χ2v) is 8.27. The predicted molar refractivity (Wildman–Crippen MR) is 109 cm³/mol. The average molecular weight is 364 g/mol. The first-order chi connectivity index (χ1) is 12.8. The molecule has 0 spiro atoms. The van der Waals surface area contributed by atoms with Crippen molar-refractivity contribution in [1.29, 1.82) is 0 Å². The maximum atomic E-state index is 12.9. The molecular formula is C23H28N2O2. The van der Waals surface area contributed by atoms with Crippen molar-refractivity contribution in [3.8, 4) is 0 Å². The summed E-state index contributed by atoms with van der Waals surface area (Å²) in [5.41, 5.74) is 2.75. The number of anilines is 1. The Morgan fingerprint density at radius 2 is 1.67 bits per heavy atom. The van der Waals surface area contributed by atoms with Crippen LogP contribution in [-0.2, 0) is 10.2 Å². The van der Waals surface area contributed by atoms with E-state index < -0.39 is 0 Å². The van der Waals surface area contributed by atoms with Gasteiger partial charge in [-0.25, -0.2) is 0 Å². The fourth-order valence-corrected chi connectivity index (χ4v) is 3.44. The number of nitrogens with one attached hydrogen (secondary N) is 1. The molecule has 1 saturated heterocycles. The van der Waals surface area contributed by atoms with E-state index in [1.165, 1.54) is 5.56 Å². The van der Waals surface area contributed by atoms with Gasteiger partial charge in [0, 0.05) is 24.3 Å². The van der Waals surface area contributed by atoms with E-state index in [1.807, 2.05) is 59.5 Å². The largest absolute Gasteiger partial charge is 0.338 e. The molecule has 1 aliphatic heterocycles. The third-order valence-electron chi connectivity index (χ3n) is 5.12. The standard InChI is InChI=1S/C23H28N2O2/c1-23(2,3)19-13-11-17(12-14-19)22(27)25-15-7-8-18(16-25)21(26)24-20-9-5-4-6-10-20/h4-6,9-14,18H,7-8,15-16H2,1-3H3,(H,24,26). The van der Waals surface area contributed by atoms with E-state index in [9.17, 15) is 9.59 Å². The van der Waals surface area contributed by atoms with E-state index in [2.05, 4.69) is 26.1 Å². The Labute approximate surface area is 161 Å². The van der Waals surface area contributed by atoms with Crippen molar-refractivity contribution < 1.29 is 9.59 Å². The van der Waals surface area contributed by atoms with Gasteiger partial charge >= 0.3 is 0 Å². The summed E-state index contributed by atoms with van der Waals surface area (Å²) in [6.07, 6.45) is 1.66. The number of carbonyl (C=O) groups is 2. The van der Waals surface area contributed by atoms with Crippen LogP contribution in [0.15, 0.2) is 54.6 Å². The number of hydrogen-bond donors (Lipinski definition) is 1. The molecular weight excluding hydrogens is 336 g/mol. The van der Waals surface area contributed by atoms with Crippen LogP contribution in [0.3, 0.4) is 0 Å². The maximum absolute atomic E-state index is 12.9. The number of piperidine rings is 1. The highest BCUT2D eigenvalue weighted by molar-refractivity contribution is 5.96. The van der Waals surface area contributed by atoms with Crippen molar-refractivity contribution in [2.45, 2.75) is 39.0 Å². The zero-order chi connectivity index (χ0) is 19.4. The van der Waals surface area contributed by atoms with Gasteiger partial charge in [0.2, 0.25) is 5.91 Å². The van der Waals surface area contributed by atoms with Crippen molar-refractivity contribution >= 4 is 17.5 Å². The van der Waals surface area contributed by atoms with E-state index >= 15 is 0 Å². The summed E-state index contributed by atoms with van der Waals surface area (Å²) >= 11 is 0. The summed E-state index contributed by atoms with van der Waals surface area (Å²) in [7, 11) is 0. The molecule has 2 aromatic carbocycles. The molecule has 0 radical (unpaired) electrons. The molecule has 1 heterocycles. The molecule has 27 heavy (non-hydrogen) atoms. The van der Waals surface area contributed by atoms with Crippen molar-refractivity contribution in [3.05, 3.63) is 65.7 Å². The molecule has 0 bridgehead atoms. The minimum absolute atomic E-state index is 0.00710. The van der Waals surface area contributed by atoms with Gasteiger partial charge in [0.15, 0.2) is 0 Å². The van der Waals surface area contributed by atoms with Crippen LogP contribution in [-0.4, -0.2) is 29.8 Å². The fraction of sp³-hybridized carbons (Fsp3) is 0.391. The summed E-state index contributed by atoms with van der Waals surface area (Å²) < 4.78 is 0. The lowest BCUT2D eigenvalue weighted by Crippen LogP contribution is -2.43. The number of hydrogen-bond acceptors (Lipinski definition) is 2. The Morgan fingerprint density at radius 3 is 2.30 bits per heavy atom. The molecule has 2 aromatic rings. The summed E-state index contributed by atoms with van der Waals surface area (Å²) in [5.74, 6) is -0.175. The molecule has 1 N–H and O–H groups in total. The molecule has 142 valence electrons. The summed E-state index contributed by atoms with van der Waals surface area (Å²) in [6, 6.07) is 17.3. The highest BCUT2D eigenvalue weighted by Crippen LogP contribution is 2.24. The van der Waals surface area contributed by atoms with Gasteiger partial charge in [-0.2, -0.15) is 0 Å². The quantitative estimate of drug-likeness (QED) is 0.873. The van der Waals surface area contributed by atoms with Crippen molar-refractivity contribution in [3.63, 3.8) is 0 Å². The van der Waals surface area contributed by atoms with Gasteiger partial charge in [-0.1, -0.05) is 51.1 Å². The zero-order valence-corrected chi connectivity index (χ0v) is 16.4. The number of amides is 2. The second kappa shape index (κ2) is 7.95. The molecule has 4 nitrogen and oxygen atoms in total. The van der Waals surface area contributed by atoms with Gasteiger partial charge in [0.05, 0.1) is 5.92 Å². The Morgan fingerprint density at radius 1 is 1.00 bits per heavy atom. The van der Waals surface area contributed by atoms with E-state index in [4.69, 9.17) is 0 Å². The van der Waals surface area contributed by atoms with Gasteiger partial charge in [0.25, 0.3) is 5.91 Å². The lowest BCUT2D eigenvalue weighted by molar-refractivity contribution is -0.121. The molecule has 1 aliphatic rings. The number of para-hydroxylation sites is 1. The van der Waals surface area contributed by atoms with Crippen LogP contribution in [0.4, 0.5) is 5.69 Å². The third-order valence-corrected chi connectivity index (χ3v) is 5.12. The predicted octanol–water partition coefficient (Wildman–Crippen LogP) is 4.48. The molecule has 1 atom stereocenters. The van der Waals surface area contributed by atoms with Gasteiger partial charge in [-0.05, 0) is 48.1 Å². The van der Waals surface area contributed by atoms with Crippen LogP contribution in [0.1, 0.15) is 49.5 Å². The molecule has 0 aromatic heterocycles. The van der Waals surface area contributed by atoms with Crippen LogP contribution in [0, 0.1) is 5.92 Å². The molecule has 3 rings (SSSR count). The summed E-state index contributed by atoms with van der Waals surface area (Å²) in [6.45, 7) is 7.65. The molecule has 1 fully saturated rings. The van der Waals surface area contributed by atoms with Gasteiger partial charge in [-0.15, -0.1) is 0 Å². The average Bonchev–Trinajstić information content (AvgIpc) is 2.68. The first kappa shape index (κ1) is 19.2. The van der Waals surface area contributed by atoms with Crippen LogP contribution in [0.5, 0.6) is 0 Å². The first-order valence-electron chi connectivity index (χ1n) is 9.60. The van der Waals surface area contributed by atoms with Crippen molar-refractivity contribution in [2.75, 3.05) is 18.4 Å². The van der Waals surface area contributed by atoms with Crippen LogP contribution < -0.4 is 5.32 Å². The monoisotopic (exact) mass is 364 g/mol. The van der Waals surface area contributed by atoms with Crippen molar-refractivity contribution in [1.82, 2.24) is 4.90 Å². The normalized spacial score (nSPS) is 17.4. The first-order valence-corrected chi connectivity index (χ1v) is 9.60. The lowest BCUT2D eigenvalue weighted by Gasteiger charge is -2.32. The minimum atomic E-state index is -0.170. The summed E-state index contributed by atoms with van der Waals surface area (Å²) in [4.78, 5) is 27.3. The molecule has 1 unspecified atom stereocenters. The molecule has 0 aliphatic carbocycles. The number of nitrogens with zero attached hydrogens (tertiary/aromatic N) is 1. The number of carbonyl (C=O) groups excluding carboxylic acids is 2. The smallest absolute Gasteiger partial charge is 0.253 e. The lowest BCUT2D eigenvalue weighted by atomic mass is 9.86. The highest BCUT2D eigenvalue weighted by Gasteiger charge is 2.29. The SMILES string of the molecule is CC(C)(C)c1ccc(C(=O)N2CCCC(C(=O)Nc3ccccc3)C2)cc1. The Bertz CT molecular complexity index is 791. The highest BCUT2D eigenvalue weighted by atomic mass is 16.2. The van der Waals surface area contributed by atoms with E-state index in [-0.39, 0.29) is 23.1 Å². The van der Waals surface area contributed by atoms with E-state index in [0.717, 1.165) is 18.5 Å². The number of benzene rings is 2. The van der Waals surface area contributed by atoms with E-state index in [1.54, 1.807) is 0 Å². The zero-order valence-electron chi connectivity index (χ0n) is 16.4. The van der Waals surface area contributed by atoms with Crippen LogP contribution in [0.2, 0.25) is 0 Å². The summed E-state index contributed by atoms with van der Waals surface area (Å²) in [5, 5.41) is 2.96. The minimum Gasteiger partial charge on any atom is -0.338 e. The fourth-order valence-electron chi connectivity index (χ4n) is 3.44. The Balaban J connectivity index is 1.65. The Hall–Kier alpha value is -2.62. The molecule has 4 heteroatoms.